The molecule has 24 heavy (non-hydrogen) atoms. The van der Waals surface area contributed by atoms with Crippen LogP contribution in [0.1, 0.15) is 32.3 Å². The fraction of sp³-hybridized carbons (Fsp3) is 0.381. The quantitative estimate of drug-likeness (QED) is 0.908. The van der Waals surface area contributed by atoms with Crippen LogP contribution in [0, 0.1) is 11.3 Å². The summed E-state index contributed by atoms with van der Waals surface area (Å²) >= 11 is 0. The number of nitrogens with one attached hydrogen (secondary N) is 1. The summed E-state index contributed by atoms with van der Waals surface area (Å²) in [6, 6.07) is 23.2. The first-order chi connectivity index (χ1) is 11.6. The predicted octanol–water partition coefficient (Wildman–Crippen LogP) is 4.39. The second-order valence-electron chi connectivity index (χ2n) is 7.10. The van der Waals surface area contributed by atoms with Crippen LogP contribution in [-0.4, -0.2) is 23.5 Å². The lowest BCUT2D eigenvalue weighted by Gasteiger charge is -2.46. The number of rotatable bonds is 4. The van der Waals surface area contributed by atoms with Crippen LogP contribution in [0.4, 0.5) is 5.69 Å². The van der Waals surface area contributed by atoms with Gasteiger partial charge in [-0.1, -0.05) is 48.5 Å². The Labute approximate surface area is 144 Å². The largest absolute Gasteiger partial charge is 0.367 e. The fourth-order valence-electron chi connectivity index (χ4n) is 3.54. The molecule has 1 aliphatic heterocycles. The number of para-hydroxylation sites is 1. The van der Waals surface area contributed by atoms with E-state index in [-0.39, 0.29) is 5.54 Å². The van der Waals surface area contributed by atoms with Gasteiger partial charge < -0.3 is 5.32 Å². The number of piperidine rings is 1. The van der Waals surface area contributed by atoms with Crippen molar-refractivity contribution >= 4 is 5.69 Å². The molecule has 0 aromatic heterocycles. The van der Waals surface area contributed by atoms with E-state index >= 15 is 0 Å². The first-order valence-corrected chi connectivity index (χ1v) is 8.61. The minimum absolute atomic E-state index is 0.0182. The van der Waals surface area contributed by atoms with Crippen LogP contribution >= 0.6 is 0 Å². The van der Waals surface area contributed by atoms with E-state index < -0.39 is 5.54 Å². The Hall–Kier alpha value is -2.31. The molecule has 124 valence electrons. The topological polar surface area (TPSA) is 39.1 Å². The van der Waals surface area contributed by atoms with Crippen molar-refractivity contribution in [2.24, 2.45) is 0 Å². The SMILES string of the molecule is CC(C)(c1ccccc1)N1CCC(C#N)(Nc2ccccc2)CC1. The molecule has 3 nitrogen and oxygen atoms in total. The van der Waals surface area contributed by atoms with Gasteiger partial charge in [-0.3, -0.25) is 4.90 Å². The van der Waals surface area contributed by atoms with Gasteiger partial charge in [0.1, 0.15) is 5.54 Å². The zero-order valence-corrected chi connectivity index (χ0v) is 14.5. The van der Waals surface area contributed by atoms with Crippen molar-refractivity contribution in [3.05, 3.63) is 66.2 Å². The third kappa shape index (κ3) is 3.29. The van der Waals surface area contributed by atoms with Crippen molar-refractivity contribution in [3.63, 3.8) is 0 Å². The summed E-state index contributed by atoms with van der Waals surface area (Å²) in [7, 11) is 0. The summed E-state index contributed by atoms with van der Waals surface area (Å²) in [6.07, 6.45) is 1.66. The molecule has 0 radical (unpaired) electrons. The number of nitrogens with zero attached hydrogens (tertiary/aromatic N) is 2. The molecule has 0 amide bonds. The lowest BCUT2D eigenvalue weighted by atomic mass is 9.84. The lowest BCUT2D eigenvalue weighted by molar-refractivity contribution is 0.0795. The highest BCUT2D eigenvalue weighted by molar-refractivity contribution is 5.47. The first kappa shape index (κ1) is 16.5. The molecule has 0 atom stereocenters. The monoisotopic (exact) mass is 319 g/mol. The van der Waals surface area contributed by atoms with Gasteiger partial charge in [0.25, 0.3) is 0 Å². The molecular formula is C21H25N3. The minimum atomic E-state index is -0.468. The molecule has 1 heterocycles. The van der Waals surface area contributed by atoms with Gasteiger partial charge in [0.2, 0.25) is 0 Å². The predicted molar refractivity (Wildman–Crippen MR) is 98.7 cm³/mol. The first-order valence-electron chi connectivity index (χ1n) is 8.61. The van der Waals surface area contributed by atoms with E-state index in [1.807, 2.05) is 30.3 Å². The van der Waals surface area contributed by atoms with Crippen molar-refractivity contribution in [2.75, 3.05) is 18.4 Å². The van der Waals surface area contributed by atoms with E-state index in [1.165, 1.54) is 5.56 Å². The Balaban J connectivity index is 1.71. The van der Waals surface area contributed by atoms with E-state index in [9.17, 15) is 5.26 Å². The van der Waals surface area contributed by atoms with Gasteiger partial charge >= 0.3 is 0 Å². The van der Waals surface area contributed by atoms with E-state index in [0.717, 1.165) is 31.6 Å². The van der Waals surface area contributed by atoms with Gasteiger partial charge in [-0.05, 0) is 44.4 Å². The highest BCUT2D eigenvalue weighted by atomic mass is 15.2. The zero-order chi connectivity index (χ0) is 17.0. The van der Waals surface area contributed by atoms with Crippen molar-refractivity contribution in [1.29, 1.82) is 5.26 Å². The number of hydrogen-bond donors (Lipinski definition) is 1. The summed E-state index contributed by atoms with van der Waals surface area (Å²) in [5.41, 5.74) is 1.86. The van der Waals surface area contributed by atoms with Gasteiger partial charge in [0.05, 0.1) is 6.07 Å². The number of nitriles is 1. The van der Waals surface area contributed by atoms with Crippen LogP contribution in [0.3, 0.4) is 0 Å². The maximum atomic E-state index is 9.78. The van der Waals surface area contributed by atoms with Crippen molar-refractivity contribution < 1.29 is 0 Å². The second kappa shape index (κ2) is 6.67. The second-order valence-corrected chi connectivity index (χ2v) is 7.10. The lowest BCUT2D eigenvalue weighted by Crippen LogP contribution is -2.53. The molecule has 3 rings (SSSR count). The molecule has 0 unspecified atom stereocenters. The molecule has 2 aromatic carbocycles. The molecule has 2 aromatic rings. The average Bonchev–Trinajstić information content (AvgIpc) is 2.64. The number of hydrogen-bond acceptors (Lipinski definition) is 3. The molecule has 1 saturated heterocycles. The number of benzene rings is 2. The third-order valence-electron chi connectivity index (χ3n) is 5.26. The molecule has 1 fully saturated rings. The molecule has 0 bridgehead atoms. The Bertz CT molecular complexity index is 693. The van der Waals surface area contributed by atoms with Crippen molar-refractivity contribution in [3.8, 4) is 6.07 Å². The zero-order valence-electron chi connectivity index (χ0n) is 14.5. The highest BCUT2D eigenvalue weighted by Gasteiger charge is 2.39. The van der Waals surface area contributed by atoms with Crippen LogP contribution in [0.5, 0.6) is 0 Å². The Morgan fingerprint density at radius 3 is 2.04 bits per heavy atom. The molecule has 0 saturated carbocycles. The van der Waals surface area contributed by atoms with Gasteiger partial charge in [0, 0.05) is 24.3 Å². The molecule has 3 heteroatoms. The maximum absolute atomic E-state index is 9.78. The van der Waals surface area contributed by atoms with Gasteiger partial charge in [0.15, 0.2) is 0 Å². The average molecular weight is 319 g/mol. The van der Waals surface area contributed by atoms with Crippen molar-refractivity contribution in [2.45, 2.75) is 37.8 Å². The molecule has 1 N–H and O–H groups in total. The number of likely N-dealkylation sites (tertiary alicyclic amines) is 1. The minimum Gasteiger partial charge on any atom is -0.367 e. The summed E-state index contributed by atoms with van der Waals surface area (Å²) in [5.74, 6) is 0. The van der Waals surface area contributed by atoms with E-state index in [1.54, 1.807) is 0 Å². The summed E-state index contributed by atoms with van der Waals surface area (Å²) < 4.78 is 0. The third-order valence-corrected chi connectivity index (χ3v) is 5.26. The highest BCUT2D eigenvalue weighted by Crippen LogP contribution is 2.34. The van der Waals surface area contributed by atoms with Crippen LogP contribution in [-0.2, 0) is 5.54 Å². The molecule has 0 aliphatic carbocycles. The number of anilines is 1. The molecule has 0 spiro atoms. The standard InChI is InChI=1S/C21H25N3/c1-20(2,18-9-5-3-6-10-18)24-15-13-21(17-22,14-16-24)23-19-11-7-4-8-12-19/h3-12,23H,13-16H2,1-2H3. The molecular weight excluding hydrogens is 294 g/mol. The normalized spacial score (nSPS) is 17.9. The van der Waals surface area contributed by atoms with Crippen molar-refractivity contribution in [1.82, 2.24) is 4.90 Å². The van der Waals surface area contributed by atoms with E-state index in [4.69, 9.17) is 0 Å². The van der Waals surface area contributed by atoms with E-state index in [2.05, 4.69) is 60.5 Å². The summed E-state index contributed by atoms with van der Waals surface area (Å²) in [5, 5.41) is 13.2. The van der Waals surface area contributed by atoms with Crippen LogP contribution in [0.15, 0.2) is 60.7 Å². The van der Waals surface area contributed by atoms with Gasteiger partial charge in [-0.2, -0.15) is 5.26 Å². The Morgan fingerprint density at radius 2 is 1.50 bits per heavy atom. The van der Waals surface area contributed by atoms with E-state index in [0.29, 0.717) is 0 Å². The van der Waals surface area contributed by atoms with Crippen LogP contribution in [0.25, 0.3) is 0 Å². The maximum Gasteiger partial charge on any atom is 0.127 e. The smallest absolute Gasteiger partial charge is 0.127 e. The van der Waals surface area contributed by atoms with Gasteiger partial charge in [-0.15, -0.1) is 0 Å². The Kier molecular flexibility index (Phi) is 4.59. The van der Waals surface area contributed by atoms with Gasteiger partial charge in [-0.25, -0.2) is 0 Å². The van der Waals surface area contributed by atoms with Crippen LogP contribution in [0.2, 0.25) is 0 Å². The fourth-order valence-corrected chi connectivity index (χ4v) is 3.54. The molecule has 1 aliphatic rings. The summed E-state index contributed by atoms with van der Waals surface area (Å²) in [4.78, 5) is 2.49. The summed E-state index contributed by atoms with van der Waals surface area (Å²) in [6.45, 7) is 6.36. The Morgan fingerprint density at radius 1 is 0.958 bits per heavy atom. The van der Waals surface area contributed by atoms with Crippen LogP contribution < -0.4 is 5.32 Å².